The molecule has 0 aromatic heterocycles. The van der Waals surface area contributed by atoms with E-state index in [9.17, 15) is 9.59 Å². The quantitative estimate of drug-likeness (QED) is 0.571. The summed E-state index contributed by atoms with van der Waals surface area (Å²) in [6.07, 6.45) is 18.6. The maximum Gasteiger partial charge on any atom is 0.330 e. The van der Waals surface area contributed by atoms with E-state index in [1.54, 1.807) is 6.08 Å². The Morgan fingerprint density at radius 1 is 0.939 bits per heavy atom. The van der Waals surface area contributed by atoms with Crippen molar-refractivity contribution in [3.63, 3.8) is 0 Å². The molecule has 4 heteroatoms. The third kappa shape index (κ3) is 2.94. The van der Waals surface area contributed by atoms with Gasteiger partial charge in [-0.05, 0) is 118 Å². The molecule has 4 bridgehead atoms. The smallest absolute Gasteiger partial charge is 0.330 e. The number of carbonyl (C=O) groups excluding carboxylic acids is 2. The summed E-state index contributed by atoms with van der Waals surface area (Å²) in [6, 6.07) is 0. The molecule has 7 fully saturated rings. The van der Waals surface area contributed by atoms with Gasteiger partial charge < -0.3 is 10.1 Å². The van der Waals surface area contributed by atoms with Crippen molar-refractivity contribution in [1.82, 2.24) is 5.32 Å². The standard InChI is InChI=1S/C29H41NO3/c1-27-9-7-22-20(3-6-24-28(22,2)10-8-25(31)33-24)21(27)4-5-23(27)26(32)30-29-14-17-11-18(15-29)13-19(12-17)16-29/h8,10,17-24H,3-7,9,11-16H2,1-2H3,(H,30,32)/t17?,18?,19?,20-,21-,22-,23+,24+,27-,28+,29?/m0/s1. The van der Waals surface area contributed by atoms with Gasteiger partial charge in [0, 0.05) is 22.9 Å². The van der Waals surface area contributed by atoms with Crippen LogP contribution in [0.5, 0.6) is 0 Å². The maximum absolute atomic E-state index is 13.9. The Morgan fingerprint density at radius 3 is 2.33 bits per heavy atom. The van der Waals surface area contributed by atoms with Crippen LogP contribution in [0.4, 0.5) is 0 Å². The Bertz CT molecular complexity index is 873. The largest absolute Gasteiger partial charge is 0.458 e. The van der Waals surface area contributed by atoms with Crippen LogP contribution in [0.15, 0.2) is 12.2 Å². The molecule has 33 heavy (non-hydrogen) atoms. The van der Waals surface area contributed by atoms with Crippen molar-refractivity contribution in [2.45, 2.75) is 103 Å². The Balaban J connectivity index is 1.11. The minimum Gasteiger partial charge on any atom is -0.458 e. The SMILES string of the molecule is C[C@]12C=CC(=O)O[C@@H]1CC[C@@H]1[C@@H]2CC[C@]2(C)[C@@H](C(=O)NC34CC5CC(CC(C5)C3)C4)CC[C@@H]12. The molecule has 4 nitrogen and oxygen atoms in total. The second-order valence-corrected chi connectivity index (χ2v) is 13.9. The van der Waals surface area contributed by atoms with Crippen LogP contribution >= 0.6 is 0 Å². The van der Waals surface area contributed by atoms with Crippen molar-refractivity contribution in [2.75, 3.05) is 0 Å². The highest BCUT2D eigenvalue weighted by atomic mass is 16.5. The molecule has 7 aliphatic carbocycles. The first-order chi connectivity index (χ1) is 15.8. The Labute approximate surface area is 198 Å². The fourth-order valence-corrected chi connectivity index (χ4v) is 11.2. The number of ether oxygens (including phenoxy) is 1. The predicted octanol–water partition coefficient (Wildman–Crippen LogP) is 5.41. The summed E-state index contributed by atoms with van der Waals surface area (Å²) in [7, 11) is 0. The number of esters is 1. The van der Waals surface area contributed by atoms with Gasteiger partial charge in [0.2, 0.25) is 5.91 Å². The normalized spacial score (nSPS) is 56.0. The van der Waals surface area contributed by atoms with Gasteiger partial charge in [-0.15, -0.1) is 0 Å². The van der Waals surface area contributed by atoms with Gasteiger partial charge >= 0.3 is 5.97 Å². The van der Waals surface area contributed by atoms with E-state index in [-0.39, 0.29) is 34.4 Å². The number of fused-ring (bicyclic) bond motifs is 5. The molecule has 1 aliphatic heterocycles. The topological polar surface area (TPSA) is 55.4 Å². The molecule has 0 aromatic rings. The zero-order valence-corrected chi connectivity index (χ0v) is 20.5. The molecule has 180 valence electrons. The second kappa shape index (κ2) is 6.88. The highest BCUT2D eigenvalue weighted by molar-refractivity contribution is 5.83. The minimum atomic E-state index is -0.168. The van der Waals surface area contributed by atoms with Gasteiger partial charge in [-0.2, -0.15) is 0 Å². The lowest BCUT2D eigenvalue weighted by atomic mass is 9.48. The molecule has 0 radical (unpaired) electrons. The van der Waals surface area contributed by atoms with E-state index in [1.807, 2.05) is 0 Å². The fraction of sp³-hybridized carbons (Fsp3) is 0.862. The first-order valence-corrected chi connectivity index (χ1v) is 14.0. The number of hydrogen-bond donors (Lipinski definition) is 1. The number of nitrogens with one attached hydrogen (secondary N) is 1. The van der Waals surface area contributed by atoms with Crippen LogP contribution in [0, 0.1) is 52.3 Å². The monoisotopic (exact) mass is 451 g/mol. The number of hydrogen-bond acceptors (Lipinski definition) is 3. The Morgan fingerprint density at radius 2 is 1.64 bits per heavy atom. The maximum atomic E-state index is 13.9. The van der Waals surface area contributed by atoms with E-state index in [0.717, 1.165) is 49.9 Å². The lowest BCUT2D eigenvalue weighted by Crippen LogP contribution is -2.61. The minimum absolute atomic E-state index is 0.0301. The van der Waals surface area contributed by atoms with E-state index in [0.29, 0.717) is 23.7 Å². The first kappa shape index (κ1) is 21.0. The molecule has 0 saturated heterocycles. The van der Waals surface area contributed by atoms with Crippen LogP contribution in [-0.2, 0) is 14.3 Å². The summed E-state index contributed by atoms with van der Waals surface area (Å²) in [6.45, 7) is 4.78. The number of carbonyl (C=O) groups is 2. The van der Waals surface area contributed by atoms with Crippen LogP contribution in [0.25, 0.3) is 0 Å². The van der Waals surface area contributed by atoms with E-state index in [2.05, 4.69) is 25.2 Å². The highest BCUT2D eigenvalue weighted by Crippen LogP contribution is 2.65. The Hall–Kier alpha value is -1.32. The zero-order valence-electron chi connectivity index (χ0n) is 20.5. The summed E-state index contributed by atoms with van der Waals surface area (Å²) in [4.78, 5) is 25.8. The van der Waals surface area contributed by atoms with Crippen LogP contribution in [0.3, 0.4) is 0 Å². The molecule has 0 spiro atoms. The lowest BCUT2D eigenvalue weighted by Gasteiger charge is -2.59. The summed E-state index contributed by atoms with van der Waals surface area (Å²) < 4.78 is 5.78. The fourth-order valence-electron chi connectivity index (χ4n) is 11.2. The van der Waals surface area contributed by atoms with Crippen molar-refractivity contribution in [2.24, 2.45) is 52.3 Å². The molecule has 8 aliphatic rings. The summed E-state index contributed by atoms with van der Waals surface area (Å²) in [5.41, 5.74) is 0.225. The van der Waals surface area contributed by atoms with Gasteiger partial charge in [0.25, 0.3) is 0 Å². The molecule has 0 aromatic carbocycles. The molecule has 7 atom stereocenters. The van der Waals surface area contributed by atoms with E-state index < -0.39 is 0 Å². The average molecular weight is 452 g/mol. The van der Waals surface area contributed by atoms with E-state index in [1.165, 1.54) is 44.9 Å². The van der Waals surface area contributed by atoms with Crippen LogP contribution in [0.1, 0.15) is 90.9 Å². The molecule has 0 unspecified atom stereocenters. The predicted molar refractivity (Wildman–Crippen MR) is 126 cm³/mol. The highest BCUT2D eigenvalue weighted by Gasteiger charge is 2.62. The van der Waals surface area contributed by atoms with Crippen molar-refractivity contribution < 1.29 is 14.3 Å². The van der Waals surface area contributed by atoms with Crippen molar-refractivity contribution >= 4 is 11.9 Å². The van der Waals surface area contributed by atoms with Gasteiger partial charge in [-0.3, -0.25) is 4.79 Å². The van der Waals surface area contributed by atoms with Crippen LogP contribution < -0.4 is 5.32 Å². The molecular weight excluding hydrogens is 410 g/mol. The van der Waals surface area contributed by atoms with E-state index >= 15 is 0 Å². The summed E-state index contributed by atoms with van der Waals surface area (Å²) in [5.74, 6) is 4.87. The van der Waals surface area contributed by atoms with E-state index in [4.69, 9.17) is 4.74 Å². The van der Waals surface area contributed by atoms with Gasteiger partial charge in [-0.25, -0.2) is 4.79 Å². The summed E-state index contributed by atoms with van der Waals surface area (Å²) in [5, 5.41) is 3.75. The molecule has 1 amide bonds. The molecule has 8 rings (SSSR count). The Kier molecular flexibility index (Phi) is 4.38. The molecule has 1 heterocycles. The first-order valence-electron chi connectivity index (χ1n) is 14.0. The van der Waals surface area contributed by atoms with Crippen molar-refractivity contribution in [3.8, 4) is 0 Å². The third-order valence-electron chi connectivity index (χ3n) is 12.3. The van der Waals surface area contributed by atoms with Gasteiger partial charge in [0.05, 0.1) is 0 Å². The van der Waals surface area contributed by atoms with Crippen molar-refractivity contribution in [3.05, 3.63) is 12.2 Å². The number of amides is 1. The average Bonchev–Trinajstić information content (AvgIpc) is 3.10. The molecule has 7 saturated carbocycles. The lowest BCUT2D eigenvalue weighted by molar-refractivity contribution is -0.168. The summed E-state index contributed by atoms with van der Waals surface area (Å²) >= 11 is 0. The van der Waals surface area contributed by atoms with Gasteiger partial charge in [0.15, 0.2) is 0 Å². The van der Waals surface area contributed by atoms with Crippen molar-refractivity contribution in [1.29, 1.82) is 0 Å². The van der Waals surface area contributed by atoms with Gasteiger partial charge in [-0.1, -0.05) is 19.9 Å². The van der Waals surface area contributed by atoms with Gasteiger partial charge in [0.1, 0.15) is 6.10 Å². The third-order valence-corrected chi connectivity index (χ3v) is 12.3. The number of rotatable bonds is 2. The molecular formula is C29H41NO3. The van der Waals surface area contributed by atoms with Crippen LogP contribution in [0.2, 0.25) is 0 Å². The molecule has 1 N–H and O–H groups in total. The van der Waals surface area contributed by atoms with Crippen LogP contribution in [-0.4, -0.2) is 23.5 Å². The second-order valence-electron chi connectivity index (χ2n) is 13.9. The zero-order chi connectivity index (χ0) is 22.6.